The van der Waals surface area contributed by atoms with Gasteiger partial charge in [-0.3, -0.25) is 4.79 Å². The van der Waals surface area contributed by atoms with E-state index < -0.39 is 0 Å². The number of anilines is 3. The largest absolute Gasteiger partial charge is 0.302 e. The molecule has 0 saturated heterocycles. The molecule has 5 heteroatoms. The topological polar surface area (TPSA) is 20.3 Å². The lowest BCUT2D eigenvalue weighted by Crippen LogP contribution is -2.08. The van der Waals surface area contributed by atoms with Gasteiger partial charge in [-0.15, -0.1) is 34.0 Å². The van der Waals surface area contributed by atoms with Crippen LogP contribution in [-0.2, 0) is 0 Å². The molecule has 158 valence electrons. The first-order valence-electron chi connectivity index (χ1n) is 10.3. The van der Waals surface area contributed by atoms with Crippen molar-refractivity contribution in [2.75, 3.05) is 4.90 Å². The molecular weight excluding hydrogens is 451 g/mol. The molecule has 32 heavy (non-hydrogen) atoms. The van der Waals surface area contributed by atoms with Gasteiger partial charge in [-0.25, -0.2) is 0 Å². The molecule has 3 heterocycles. The molecule has 0 fully saturated rings. The molecule has 0 aliphatic heterocycles. The van der Waals surface area contributed by atoms with Gasteiger partial charge in [0, 0.05) is 30.9 Å². The van der Waals surface area contributed by atoms with Crippen LogP contribution in [0.3, 0.4) is 0 Å². The zero-order chi connectivity index (χ0) is 22.1. The van der Waals surface area contributed by atoms with Crippen molar-refractivity contribution in [1.29, 1.82) is 0 Å². The van der Waals surface area contributed by atoms with Crippen molar-refractivity contribution in [3.8, 4) is 19.5 Å². The lowest BCUT2D eigenvalue weighted by molar-refractivity contribution is 0.112. The Morgan fingerprint density at radius 3 is 1.56 bits per heavy atom. The average molecular weight is 472 g/mol. The van der Waals surface area contributed by atoms with Crippen molar-refractivity contribution in [1.82, 2.24) is 0 Å². The summed E-state index contributed by atoms with van der Waals surface area (Å²) < 4.78 is 0. The van der Waals surface area contributed by atoms with Crippen LogP contribution in [0.1, 0.15) is 20.8 Å². The SMILES string of the molecule is Cc1ccc(N(c2ccc(C)cc2)c2ccc(-c3ccc(-c4ccc(C=O)s4)s3)s2)cc1. The number of rotatable bonds is 6. The molecule has 2 aromatic carbocycles. The second kappa shape index (κ2) is 8.87. The normalized spacial score (nSPS) is 10.9. The first-order chi connectivity index (χ1) is 15.6. The average Bonchev–Trinajstić information content (AvgIpc) is 3.57. The van der Waals surface area contributed by atoms with E-state index in [0.717, 1.165) is 27.4 Å². The van der Waals surface area contributed by atoms with Gasteiger partial charge in [-0.1, -0.05) is 35.4 Å². The number of carbonyl (C=O) groups is 1. The Hall–Kier alpha value is -2.99. The molecule has 0 spiro atoms. The lowest BCUT2D eigenvalue weighted by atomic mass is 10.1. The van der Waals surface area contributed by atoms with Crippen LogP contribution >= 0.6 is 34.0 Å². The van der Waals surface area contributed by atoms with Crippen molar-refractivity contribution in [3.05, 3.63) is 101 Å². The molecule has 3 aromatic heterocycles. The quantitative estimate of drug-likeness (QED) is 0.230. The summed E-state index contributed by atoms with van der Waals surface area (Å²) in [5.41, 5.74) is 4.81. The first-order valence-corrected chi connectivity index (χ1v) is 12.7. The molecule has 0 aliphatic carbocycles. The second-order valence-electron chi connectivity index (χ2n) is 7.63. The van der Waals surface area contributed by atoms with Gasteiger partial charge in [-0.05, 0) is 74.5 Å². The Morgan fingerprint density at radius 1 is 0.562 bits per heavy atom. The summed E-state index contributed by atoms with van der Waals surface area (Å²) in [5.74, 6) is 0. The fraction of sp³-hybridized carbons (Fsp3) is 0.0741. The highest BCUT2D eigenvalue weighted by Gasteiger charge is 2.16. The molecule has 5 rings (SSSR count). The fourth-order valence-electron chi connectivity index (χ4n) is 3.52. The Morgan fingerprint density at radius 2 is 1.03 bits per heavy atom. The van der Waals surface area contributed by atoms with E-state index in [1.807, 2.05) is 12.1 Å². The van der Waals surface area contributed by atoms with Gasteiger partial charge >= 0.3 is 0 Å². The van der Waals surface area contributed by atoms with E-state index in [2.05, 4.69) is 91.5 Å². The summed E-state index contributed by atoms with van der Waals surface area (Å²) in [7, 11) is 0. The maximum atomic E-state index is 11.0. The molecule has 2 nitrogen and oxygen atoms in total. The van der Waals surface area contributed by atoms with Crippen molar-refractivity contribution in [3.63, 3.8) is 0 Å². The second-order valence-corrected chi connectivity index (χ2v) is 10.9. The van der Waals surface area contributed by atoms with Crippen LogP contribution in [0.5, 0.6) is 0 Å². The number of aldehydes is 1. The Balaban J connectivity index is 1.51. The monoisotopic (exact) mass is 471 g/mol. The van der Waals surface area contributed by atoms with Crippen molar-refractivity contribution in [2.45, 2.75) is 13.8 Å². The van der Waals surface area contributed by atoms with Gasteiger partial charge in [0.1, 0.15) is 5.00 Å². The summed E-state index contributed by atoms with van der Waals surface area (Å²) in [6, 6.07) is 30.0. The van der Waals surface area contributed by atoms with E-state index in [0.29, 0.717) is 0 Å². The molecule has 0 amide bonds. The summed E-state index contributed by atoms with van der Waals surface area (Å²) in [4.78, 5) is 18.9. The van der Waals surface area contributed by atoms with Gasteiger partial charge in [-0.2, -0.15) is 0 Å². The highest BCUT2D eigenvalue weighted by molar-refractivity contribution is 7.27. The van der Waals surface area contributed by atoms with Gasteiger partial charge < -0.3 is 4.90 Å². The molecular formula is C27H21NOS3. The Bertz CT molecular complexity index is 1310. The zero-order valence-electron chi connectivity index (χ0n) is 17.7. The Labute approximate surface area is 200 Å². The number of carbonyl (C=O) groups excluding carboxylic acids is 1. The third kappa shape index (κ3) is 4.19. The van der Waals surface area contributed by atoms with Crippen molar-refractivity contribution >= 4 is 56.7 Å². The minimum absolute atomic E-state index is 0.764. The number of hydrogen-bond donors (Lipinski definition) is 0. The predicted molar refractivity (Wildman–Crippen MR) is 140 cm³/mol. The highest BCUT2D eigenvalue weighted by atomic mass is 32.1. The third-order valence-electron chi connectivity index (χ3n) is 5.23. The van der Waals surface area contributed by atoms with Crippen molar-refractivity contribution < 1.29 is 4.79 Å². The van der Waals surface area contributed by atoms with E-state index in [1.54, 1.807) is 22.7 Å². The smallest absolute Gasteiger partial charge is 0.160 e. The van der Waals surface area contributed by atoms with Crippen LogP contribution < -0.4 is 4.90 Å². The molecule has 0 atom stereocenters. The van der Waals surface area contributed by atoms with Crippen LogP contribution in [0.25, 0.3) is 19.5 Å². The summed E-state index contributed by atoms with van der Waals surface area (Å²) >= 11 is 5.10. The van der Waals surface area contributed by atoms with Crippen LogP contribution in [0.4, 0.5) is 16.4 Å². The van der Waals surface area contributed by atoms with E-state index in [1.165, 1.54) is 42.1 Å². The lowest BCUT2D eigenvalue weighted by Gasteiger charge is -2.24. The van der Waals surface area contributed by atoms with Crippen LogP contribution in [0, 0.1) is 13.8 Å². The molecule has 0 unspecified atom stereocenters. The third-order valence-corrected chi connectivity index (χ3v) is 8.79. The highest BCUT2D eigenvalue weighted by Crippen LogP contribution is 2.45. The molecule has 0 N–H and O–H groups in total. The number of nitrogens with zero attached hydrogens (tertiary/aromatic N) is 1. The van der Waals surface area contributed by atoms with Crippen LogP contribution in [-0.4, -0.2) is 6.29 Å². The number of benzene rings is 2. The van der Waals surface area contributed by atoms with E-state index in [9.17, 15) is 4.79 Å². The van der Waals surface area contributed by atoms with E-state index in [-0.39, 0.29) is 0 Å². The molecule has 0 aliphatic rings. The summed E-state index contributed by atoms with van der Waals surface area (Å²) in [6.07, 6.45) is 0.916. The van der Waals surface area contributed by atoms with E-state index in [4.69, 9.17) is 0 Å². The van der Waals surface area contributed by atoms with Crippen molar-refractivity contribution in [2.24, 2.45) is 0 Å². The number of hydrogen-bond acceptors (Lipinski definition) is 5. The maximum absolute atomic E-state index is 11.0. The van der Waals surface area contributed by atoms with Gasteiger partial charge in [0.25, 0.3) is 0 Å². The molecule has 5 aromatic rings. The minimum Gasteiger partial charge on any atom is -0.302 e. The molecule has 0 radical (unpaired) electrons. The fourth-order valence-corrected chi connectivity index (χ4v) is 6.58. The molecule has 0 saturated carbocycles. The zero-order valence-corrected chi connectivity index (χ0v) is 20.2. The standard InChI is InChI=1S/C27H21NOS3/c1-18-3-7-20(8-4-18)28(21-9-5-19(2)6-10-21)27-16-15-26(32-27)25-14-13-24(31-25)23-12-11-22(17-29)30-23/h3-17H,1-2H3. The first kappa shape index (κ1) is 20.9. The van der Waals surface area contributed by atoms with Crippen LogP contribution in [0.2, 0.25) is 0 Å². The van der Waals surface area contributed by atoms with Gasteiger partial charge in [0.2, 0.25) is 0 Å². The Kier molecular flexibility index (Phi) is 5.79. The number of thiophene rings is 3. The number of aryl methyl sites for hydroxylation is 2. The van der Waals surface area contributed by atoms with Gasteiger partial charge in [0.05, 0.1) is 4.88 Å². The summed E-state index contributed by atoms with van der Waals surface area (Å²) in [5, 5.41) is 1.18. The van der Waals surface area contributed by atoms with E-state index >= 15 is 0 Å². The summed E-state index contributed by atoms with van der Waals surface area (Å²) in [6.45, 7) is 4.23. The predicted octanol–water partition coefficient (Wildman–Crippen LogP) is 9.10. The molecule has 0 bridgehead atoms. The maximum Gasteiger partial charge on any atom is 0.160 e. The van der Waals surface area contributed by atoms with Gasteiger partial charge in [0.15, 0.2) is 6.29 Å². The van der Waals surface area contributed by atoms with Crippen LogP contribution in [0.15, 0.2) is 84.9 Å². The minimum atomic E-state index is 0.764.